The molecule has 0 atom stereocenters. The number of benzene rings is 1. The number of carboxylic acids is 1. The van der Waals surface area contributed by atoms with Crippen LogP contribution in [0.1, 0.15) is 18.4 Å². The highest BCUT2D eigenvalue weighted by Gasteiger charge is 2.50. The van der Waals surface area contributed by atoms with E-state index in [4.69, 9.17) is 5.11 Å². The fraction of sp³-hybridized carbons (Fsp3) is 0.364. The van der Waals surface area contributed by atoms with E-state index in [-0.39, 0.29) is 12.2 Å². The van der Waals surface area contributed by atoms with E-state index in [1.54, 1.807) is 18.2 Å². The number of rotatable bonds is 3. The molecule has 1 N–H and O–H groups in total. The molecule has 0 bridgehead atoms. The van der Waals surface area contributed by atoms with Crippen molar-refractivity contribution in [1.82, 2.24) is 0 Å². The summed E-state index contributed by atoms with van der Waals surface area (Å²) in [6.45, 7) is 0. The van der Waals surface area contributed by atoms with Crippen molar-refractivity contribution in [3.8, 4) is 0 Å². The van der Waals surface area contributed by atoms with E-state index in [2.05, 4.69) is 15.9 Å². The minimum atomic E-state index is -0.818. The number of carbonyl (C=O) groups is 1. The second-order valence-electron chi connectivity index (χ2n) is 3.98. The number of halogens is 2. The molecule has 1 aromatic carbocycles. The monoisotopic (exact) mass is 272 g/mol. The van der Waals surface area contributed by atoms with Crippen molar-refractivity contribution in [2.75, 3.05) is 0 Å². The van der Waals surface area contributed by atoms with Gasteiger partial charge in [-0.2, -0.15) is 0 Å². The maximum atomic E-state index is 13.6. The first-order chi connectivity index (χ1) is 7.05. The zero-order valence-corrected chi connectivity index (χ0v) is 9.55. The van der Waals surface area contributed by atoms with Crippen molar-refractivity contribution in [1.29, 1.82) is 0 Å². The zero-order chi connectivity index (χ0) is 11.1. The number of aliphatic carboxylic acids is 1. The van der Waals surface area contributed by atoms with Gasteiger partial charge in [0.15, 0.2) is 0 Å². The van der Waals surface area contributed by atoms with Crippen LogP contribution in [-0.2, 0) is 11.2 Å². The molecule has 1 saturated carbocycles. The SMILES string of the molecule is O=C(O)C1(Cc2cccc(Br)c2F)CC1. The van der Waals surface area contributed by atoms with Crippen molar-refractivity contribution >= 4 is 21.9 Å². The van der Waals surface area contributed by atoms with Crippen LogP contribution < -0.4 is 0 Å². The van der Waals surface area contributed by atoms with Gasteiger partial charge in [0, 0.05) is 0 Å². The Kier molecular flexibility index (Phi) is 2.54. The summed E-state index contributed by atoms with van der Waals surface area (Å²) < 4.78 is 14.0. The Labute approximate surface area is 95.2 Å². The van der Waals surface area contributed by atoms with Crippen LogP contribution in [0.3, 0.4) is 0 Å². The first-order valence-corrected chi connectivity index (χ1v) is 5.51. The predicted molar refractivity (Wildman–Crippen MR) is 57.1 cm³/mol. The Hall–Kier alpha value is -0.900. The van der Waals surface area contributed by atoms with Crippen LogP contribution in [0, 0.1) is 11.2 Å². The quantitative estimate of drug-likeness (QED) is 0.919. The molecule has 1 aliphatic carbocycles. The lowest BCUT2D eigenvalue weighted by atomic mass is 9.96. The predicted octanol–water partition coefficient (Wildman–Crippen LogP) is 3.00. The number of carboxylic acid groups (broad SMARTS) is 1. The molecule has 1 aromatic rings. The lowest BCUT2D eigenvalue weighted by Gasteiger charge is -2.10. The minimum absolute atomic E-state index is 0.285. The molecule has 1 fully saturated rings. The van der Waals surface area contributed by atoms with Crippen LogP contribution in [0.4, 0.5) is 4.39 Å². The Bertz CT molecular complexity index is 413. The molecule has 0 spiro atoms. The maximum absolute atomic E-state index is 13.6. The van der Waals surface area contributed by atoms with Gasteiger partial charge in [-0.15, -0.1) is 0 Å². The summed E-state index contributed by atoms with van der Waals surface area (Å²) in [6.07, 6.45) is 1.58. The summed E-state index contributed by atoms with van der Waals surface area (Å²) in [6, 6.07) is 4.97. The Morgan fingerprint density at radius 3 is 2.73 bits per heavy atom. The summed E-state index contributed by atoms with van der Waals surface area (Å²) in [7, 11) is 0. The maximum Gasteiger partial charge on any atom is 0.309 e. The first kappa shape index (κ1) is 10.6. The third-order valence-corrected chi connectivity index (χ3v) is 3.48. The van der Waals surface area contributed by atoms with Crippen LogP contribution in [0.5, 0.6) is 0 Å². The van der Waals surface area contributed by atoms with Crippen LogP contribution >= 0.6 is 15.9 Å². The highest BCUT2D eigenvalue weighted by atomic mass is 79.9. The molecule has 0 radical (unpaired) electrons. The summed E-state index contributed by atoms with van der Waals surface area (Å²) in [5.41, 5.74) is -0.231. The molecule has 0 saturated heterocycles. The van der Waals surface area contributed by atoms with Gasteiger partial charge < -0.3 is 5.11 Å². The van der Waals surface area contributed by atoms with Crippen LogP contribution in [0.25, 0.3) is 0 Å². The van der Waals surface area contributed by atoms with Gasteiger partial charge in [-0.05, 0) is 46.8 Å². The average Bonchev–Trinajstić information content (AvgIpc) is 2.94. The molecule has 80 valence electrons. The molecule has 1 aliphatic rings. The van der Waals surface area contributed by atoms with E-state index in [1.807, 2.05) is 0 Å². The topological polar surface area (TPSA) is 37.3 Å². The number of hydrogen-bond donors (Lipinski definition) is 1. The minimum Gasteiger partial charge on any atom is -0.481 e. The van der Waals surface area contributed by atoms with E-state index < -0.39 is 11.4 Å². The van der Waals surface area contributed by atoms with E-state index in [9.17, 15) is 9.18 Å². The molecule has 0 amide bonds. The second kappa shape index (κ2) is 3.59. The molecule has 2 nitrogen and oxygen atoms in total. The second-order valence-corrected chi connectivity index (χ2v) is 4.83. The van der Waals surface area contributed by atoms with E-state index >= 15 is 0 Å². The van der Waals surface area contributed by atoms with E-state index in [0.717, 1.165) is 0 Å². The molecule has 15 heavy (non-hydrogen) atoms. The van der Waals surface area contributed by atoms with E-state index in [1.165, 1.54) is 0 Å². The Balaban J connectivity index is 2.25. The summed E-state index contributed by atoms with van der Waals surface area (Å²) in [4.78, 5) is 10.9. The molecule has 0 heterocycles. The van der Waals surface area contributed by atoms with Gasteiger partial charge >= 0.3 is 5.97 Å². The van der Waals surface area contributed by atoms with Gasteiger partial charge in [0.1, 0.15) is 5.82 Å². The van der Waals surface area contributed by atoms with E-state index in [0.29, 0.717) is 22.9 Å². The number of hydrogen-bond acceptors (Lipinski definition) is 1. The van der Waals surface area contributed by atoms with Gasteiger partial charge in [-0.1, -0.05) is 12.1 Å². The highest BCUT2D eigenvalue weighted by molar-refractivity contribution is 9.10. The van der Waals surface area contributed by atoms with Gasteiger partial charge in [-0.3, -0.25) is 4.79 Å². The summed E-state index contributed by atoms with van der Waals surface area (Å²) in [5, 5.41) is 8.99. The fourth-order valence-electron chi connectivity index (χ4n) is 1.67. The van der Waals surface area contributed by atoms with Crippen molar-refractivity contribution < 1.29 is 14.3 Å². The van der Waals surface area contributed by atoms with Crippen molar-refractivity contribution in [3.05, 3.63) is 34.1 Å². The molecular weight excluding hydrogens is 263 g/mol. The molecular formula is C11H10BrFO2. The zero-order valence-electron chi connectivity index (χ0n) is 7.96. The lowest BCUT2D eigenvalue weighted by Crippen LogP contribution is -2.18. The van der Waals surface area contributed by atoms with Crippen LogP contribution in [0.2, 0.25) is 0 Å². The van der Waals surface area contributed by atoms with Crippen LogP contribution in [0.15, 0.2) is 22.7 Å². The van der Waals surface area contributed by atoms with Gasteiger partial charge in [0.25, 0.3) is 0 Å². The molecule has 4 heteroatoms. The summed E-state index contributed by atoms with van der Waals surface area (Å²) >= 11 is 3.09. The van der Waals surface area contributed by atoms with Gasteiger partial charge in [0.2, 0.25) is 0 Å². The van der Waals surface area contributed by atoms with Crippen molar-refractivity contribution in [2.24, 2.45) is 5.41 Å². The largest absolute Gasteiger partial charge is 0.481 e. The van der Waals surface area contributed by atoms with Gasteiger partial charge in [0.05, 0.1) is 9.89 Å². The fourth-order valence-corrected chi connectivity index (χ4v) is 2.07. The lowest BCUT2D eigenvalue weighted by molar-refractivity contribution is -0.143. The average molecular weight is 273 g/mol. The van der Waals surface area contributed by atoms with Gasteiger partial charge in [-0.25, -0.2) is 4.39 Å². The third-order valence-electron chi connectivity index (χ3n) is 2.87. The van der Waals surface area contributed by atoms with Crippen molar-refractivity contribution in [3.63, 3.8) is 0 Å². The third kappa shape index (κ3) is 1.91. The Morgan fingerprint density at radius 2 is 2.20 bits per heavy atom. The van der Waals surface area contributed by atoms with Crippen LogP contribution in [-0.4, -0.2) is 11.1 Å². The highest BCUT2D eigenvalue weighted by Crippen LogP contribution is 2.49. The molecule has 0 unspecified atom stereocenters. The smallest absolute Gasteiger partial charge is 0.309 e. The molecule has 0 aromatic heterocycles. The summed E-state index contributed by atoms with van der Waals surface area (Å²) in [5.74, 6) is -1.16. The van der Waals surface area contributed by atoms with Crippen molar-refractivity contribution in [2.45, 2.75) is 19.3 Å². The molecule has 0 aliphatic heterocycles. The molecule has 2 rings (SSSR count). The standard InChI is InChI=1S/C11H10BrFO2/c12-8-3-1-2-7(9(8)13)6-11(4-5-11)10(14)15/h1-3H,4-6H2,(H,14,15). The normalized spacial score (nSPS) is 17.5. The Morgan fingerprint density at radius 1 is 1.53 bits per heavy atom. The first-order valence-electron chi connectivity index (χ1n) is 4.71.